The number of pyridine rings is 1. The van der Waals surface area contributed by atoms with Gasteiger partial charge in [0, 0.05) is 24.4 Å². The van der Waals surface area contributed by atoms with E-state index >= 15 is 0 Å². The number of nitrogens with zero attached hydrogens (tertiary/aromatic N) is 2. The Labute approximate surface area is 157 Å². The van der Waals surface area contributed by atoms with Crippen LogP contribution >= 0.6 is 0 Å². The van der Waals surface area contributed by atoms with Crippen LogP contribution in [-0.2, 0) is 6.54 Å². The van der Waals surface area contributed by atoms with Crippen molar-refractivity contribution < 1.29 is 9.59 Å². The van der Waals surface area contributed by atoms with Crippen molar-refractivity contribution in [3.8, 4) is 0 Å². The van der Waals surface area contributed by atoms with Gasteiger partial charge < -0.3 is 5.32 Å². The minimum Gasteiger partial charge on any atom is -0.346 e. The van der Waals surface area contributed by atoms with Crippen LogP contribution in [0.4, 0.5) is 5.69 Å². The molecule has 2 amide bonds. The molecule has 1 aromatic heterocycles. The highest BCUT2D eigenvalue weighted by molar-refractivity contribution is 5.98. The van der Waals surface area contributed by atoms with E-state index in [9.17, 15) is 9.59 Å². The molecule has 0 aliphatic carbocycles. The van der Waals surface area contributed by atoms with Crippen molar-refractivity contribution in [3.05, 3.63) is 95.8 Å². The van der Waals surface area contributed by atoms with Gasteiger partial charge in [-0.15, -0.1) is 0 Å². The summed E-state index contributed by atoms with van der Waals surface area (Å²) in [6, 6.07) is 21.6. The molecular formula is C21H20N4O2. The summed E-state index contributed by atoms with van der Waals surface area (Å²) >= 11 is 0. The van der Waals surface area contributed by atoms with E-state index in [0.29, 0.717) is 17.7 Å². The lowest BCUT2D eigenvalue weighted by atomic mass is 10.1. The molecule has 1 heterocycles. The minimum absolute atomic E-state index is 0.214. The Morgan fingerprint density at radius 3 is 2.11 bits per heavy atom. The monoisotopic (exact) mass is 360 g/mol. The summed E-state index contributed by atoms with van der Waals surface area (Å²) in [5.74, 6) is -0.462. The second-order valence-corrected chi connectivity index (χ2v) is 5.92. The van der Waals surface area contributed by atoms with Gasteiger partial charge in [0.15, 0.2) is 0 Å². The Morgan fingerprint density at radius 2 is 1.48 bits per heavy atom. The van der Waals surface area contributed by atoms with Gasteiger partial charge in [-0.3, -0.25) is 25.0 Å². The molecule has 6 nitrogen and oxygen atoms in total. The van der Waals surface area contributed by atoms with Crippen LogP contribution in [0.1, 0.15) is 26.4 Å². The highest BCUT2D eigenvalue weighted by atomic mass is 16.2. The summed E-state index contributed by atoms with van der Waals surface area (Å²) in [5, 5.41) is 4.46. The first-order valence-corrected chi connectivity index (χ1v) is 8.51. The summed E-state index contributed by atoms with van der Waals surface area (Å²) in [5.41, 5.74) is 5.40. The standard InChI is InChI=1S/C21H20N4O2/c1-25(19-8-3-2-4-9-19)24-21(27)17-12-10-16(11-13-17)20(26)23-15-18-7-5-6-14-22-18/h2-14H,15H2,1H3,(H,23,26)(H,24,27). The largest absolute Gasteiger partial charge is 0.346 e. The van der Waals surface area contributed by atoms with E-state index in [1.807, 2.05) is 48.5 Å². The van der Waals surface area contributed by atoms with Gasteiger partial charge in [0.2, 0.25) is 0 Å². The number of rotatable bonds is 6. The molecule has 0 bridgehead atoms. The molecule has 6 heteroatoms. The molecule has 0 saturated heterocycles. The first-order valence-electron chi connectivity index (χ1n) is 8.51. The van der Waals surface area contributed by atoms with E-state index < -0.39 is 0 Å². The summed E-state index contributed by atoms with van der Waals surface area (Å²) in [4.78, 5) is 28.7. The van der Waals surface area contributed by atoms with Crippen LogP contribution in [0.15, 0.2) is 79.0 Å². The van der Waals surface area contributed by atoms with Gasteiger partial charge >= 0.3 is 0 Å². The number of carbonyl (C=O) groups is 2. The van der Waals surface area contributed by atoms with Gasteiger partial charge in [-0.1, -0.05) is 24.3 Å². The molecular weight excluding hydrogens is 340 g/mol. The number of hydrazine groups is 1. The molecule has 0 aliphatic heterocycles. The zero-order valence-corrected chi connectivity index (χ0v) is 14.9. The average Bonchev–Trinajstić information content (AvgIpc) is 2.73. The minimum atomic E-state index is -0.248. The number of anilines is 1. The fourth-order valence-corrected chi connectivity index (χ4v) is 2.48. The number of hydrogen-bond acceptors (Lipinski definition) is 4. The van der Waals surface area contributed by atoms with Gasteiger partial charge in [0.1, 0.15) is 0 Å². The number of benzene rings is 2. The van der Waals surface area contributed by atoms with Crippen LogP contribution in [0.5, 0.6) is 0 Å². The van der Waals surface area contributed by atoms with Gasteiger partial charge in [0.25, 0.3) is 11.8 Å². The second-order valence-electron chi connectivity index (χ2n) is 5.92. The number of para-hydroxylation sites is 1. The van der Waals surface area contributed by atoms with E-state index in [-0.39, 0.29) is 11.8 Å². The number of amides is 2. The van der Waals surface area contributed by atoms with Crippen molar-refractivity contribution in [2.45, 2.75) is 6.54 Å². The average molecular weight is 360 g/mol. The molecule has 0 aliphatic rings. The van der Waals surface area contributed by atoms with Crippen molar-refractivity contribution in [1.29, 1.82) is 0 Å². The molecule has 2 N–H and O–H groups in total. The quantitative estimate of drug-likeness (QED) is 0.663. The van der Waals surface area contributed by atoms with Crippen molar-refractivity contribution in [2.75, 3.05) is 12.1 Å². The van der Waals surface area contributed by atoms with Crippen LogP contribution in [-0.4, -0.2) is 23.8 Å². The fourth-order valence-electron chi connectivity index (χ4n) is 2.48. The number of hydrogen-bond donors (Lipinski definition) is 2. The molecule has 0 unspecified atom stereocenters. The van der Waals surface area contributed by atoms with Crippen LogP contribution in [0.2, 0.25) is 0 Å². The van der Waals surface area contributed by atoms with Gasteiger partial charge in [-0.25, -0.2) is 0 Å². The first kappa shape index (κ1) is 18.1. The van der Waals surface area contributed by atoms with Crippen molar-refractivity contribution in [1.82, 2.24) is 15.7 Å². The molecule has 0 atom stereocenters. The van der Waals surface area contributed by atoms with Crippen molar-refractivity contribution in [3.63, 3.8) is 0 Å². The van der Waals surface area contributed by atoms with Crippen LogP contribution in [0, 0.1) is 0 Å². The molecule has 0 fully saturated rings. The van der Waals surface area contributed by atoms with Gasteiger partial charge in [-0.2, -0.15) is 0 Å². The van der Waals surface area contributed by atoms with Crippen LogP contribution in [0.25, 0.3) is 0 Å². The molecule has 27 heavy (non-hydrogen) atoms. The van der Waals surface area contributed by atoms with E-state index in [4.69, 9.17) is 0 Å². The predicted molar refractivity (Wildman–Crippen MR) is 104 cm³/mol. The summed E-state index contributed by atoms with van der Waals surface area (Å²) in [7, 11) is 1.77. The third-order valence-electron chi connectivity index (χ3n) is 3.98. The SMILES string of the molecule is CN(NC(=O)c1ccc(C(=O)NCc2ccccn2)cc1)c1ccccc1. The lowest BCUT2D eigenvalue weighted by molar-refractivity contribution is 0.0939. The molecule has 0 saturated carbocycles. The Hall–Kier alpha value is -3.67. The normalized spacial score (nSPS) is 10.1. The maximum absolute atomic E-state index is 12.4. The zero-order valence-electron chi connectivity index (χ0n) is 14.9. The lowest BCUT2D eigenvalue weighted by Crippen LogP contribution is -2.39. The molecule has 136 valence electrons. The van der Waals surface area contributed by atoms with Crippen LogP contribution < -0.4 is 15.8 Å². The van der Waals surface area contributed by atoms with Gasteiger partial charge in [-0.05, 0) is 48.5 Å². The number of aromatic nitrogens is 1. The van der Waals surface area contributed by atoms with Gasteiger partial charge in [0.05, 0.1) is 17.9 Å². The third-order valence-corrected chi connectivity index (χ3v) is 3.98. The molecule has 0 radical (unpaired) electrons. The highest BCUT2D eigenvalue weighted by Gasteiger charge is 2.11. The number of carbonyl (C=O) groups excluding carboxylic acids is 2. The smallest absolute Gasteiger partial charge is 0.269 e. The topological polar surface area (TPSA) is 74.3 Å². The molecule has 0 spiro atoms. The Kier molecular flexibility index (Phi) is 5.79. The Morgan fingerprint density at radius 1 is 0.852 bits per heavy atom. The zero-order chi connectivity index (χ0) is 19.1. The highest BCUT2D eigenvalue weighted by Crippen LogP contribution is 2.10. The van der Waals surface area contributed by atoms with E-state index in [1.165, 1.54) is 0 Å². The van der Waals surface area contributed by atoms with Crippen LogP contribution in [0.3, 0.4) is 0 Å². The second kappa shape index (κ2) is 8.62. The first-order chi connectivity index (χ1) is 13.1. The summed E-state index contributed by atoms with van der Waals surface area (Å²) in [6.45, 7) is 0.351. The molecule has 2 aromatic carbocycles. The van der Waals surface area contributed by atoms with E-state index in [1.54, 1.807) is 42.5 Å². The van der Waals surface area contributed by atoms with Crippen molar-refractivity contribution in [2.24, 2.45) is 0 Å². The maximum Gasteiger partial charge on any atom is 0.269 e. The maximum atomic E-state index is 12.4. The van der Waals surface area contributed by atoms with Crippen molar-refractivity contribution >= 4 is 17.5 Å². The molecule has 3 rings (SSSR count). The lowest BCUT2D eigenvalue weighted by Gasteiger charge is -2.20. The predicted octanol–water partition coefficient (Wildman–Crippen LogP) is 2.79. The number of nitrogens with one attached hydrogen (secondary N) is 2. The van der Waals surface area contributed by atoms with E-state index in [0.717, 1.165) is 11.4 Å². The fraction of sp³-hybridized carbons (Fsp3) is 0.0952. The summed E-state index contributed by atoms with van der Waals surface area (Å²) < 4.78 is 0. The Bertz CT molecular complexity index is 896. The van der Waals surface area contributed by atoms with E-state index in [2.05, 4.69) is 15.7 Å². The summed E-state index contributed by atoms with van der Waals surface area (Å²) in [6.07, 6.45) is 1.68. The molecule has 3 aromatic rings. The third kappa shape index (κ3) is 4.92. The Balaban J connectivity index is 1.57.